The Bertz CT molecular complexity index is 584. The molecule has 18 heavy (non-hydrogen) atoms. The van der Waals surface area contributed by atoms with Crippen LogP contribution in [0.2, 0.25) is 0 Å². The molecule has 0 radical (unpaired) electrons. The fourth-order valence-electron chi connectivity index (χ4n) is 1.80. The molecule has 0 saturated heterocycles. The van der Waals surface area contributed by atoms with Crippen molar-refractivity contribution >= 4 is 17.0 Å². The van der Waals surface area contributed by atoms with Gasteiger partial charge in [-0.15, -0.1) is 11.3 Å². The van der Waals surface area contributed by atoms with E-state index in [9.17, 15) is 4.39 Å². The lowest BCUT2D eigenvalue weighted by molar-refractivity contribution is 0.624. The summed E-state index contributed by atoms with van der Waals surface area (Å²) in [5, 5.41) is 14.1. The number of thiophene rings is 1. The number of nitrogens with zero attached hydrogens (tertiary/aromatic N) is 1. The third-order valence-corrected chi connectivity index (χ3v) is 3.75. The number of aryl methyl sites for hydroxylation is 1. The maximum atomic E-state index is 13.4. The summed E-state index contributed by atoms with van der Waals surface area (Å²) in [6.45, 7) is 2.73. The van der Waals surface area contributed by atoms with E-state index in [4.69, 9.17) is 5.26 Å². The molecule has 0 atom stereocenters. The smallest absolute Gasteiger partial charge is 0.143 e. The molecular formula is C14H13FN2S. The first-order chi connectivity index (χ1) is 8.76. The lowest BCUT2D eigenvalue weighted by Crippen LogP contribution is -2.02. The summed E-state index contributed by atoms with van der Waals surface area (Å²) in [6.07, 6.45) is 0.981. The van der Waals surface area contributed by atoms with Crippen LogP contribution in [-0.4, -0.2) is 0 Å². The van der Waals surface area contributed by atoms with Crippen molar-refractivity contribution in [3.63, 3.8) is 0 Å². The first kappa shape index (κ1) is 12.6. The van der Waals surface area contributed by atoms with Crippen molar-refractivity contribution in [3.05, 3.63) is 51.5 Å². The summed E-state index contributed by atoms with van der Waals surface area (Å²) >= 11 is 1.67. The minimum atomic E-state index is -0.482. The summed E-state index contributed by atoms with van der Waals surface area (Å²) in [6, 6.07) is 8.61. The van der Waals surface area contributed by atoms with Crippen molar-refractivity contribution in [2.75, 3.05) is 5.32 Å². The summed E-state index contributed by atoms with van der Waals surface area (Å²) in [5.74, 6) is -0.482. The predicted molar refractivity (Wildman–Crippen MR) is 72.1 cm³/mol. The molecule has 1 aromatic carbocycles. The molecule has 1 N–H and O–H groups in total. The summed E-state index contributed by atoms with van der Waals surface area (Å²) in [4.78, 5) is 1.23. The van der Waals surface area contributed by atoms with Gasteiger partial charge in [0.15, 0.2) is 0 Å². The summed E-state index contributed by atoms with van der Waals surface area (Å²) in [5.41, 5.74) is 1.92. The average molecular weight is 260 g/mol. The van der Waals surface area contributed by atoms with Gasteiger partial charge in [-0.3, -0.25) is 0 Å². The van der Waals surface area contributed by atoms with Crippen LogP contribution in [0.4, 0.5) is 10.1 Å². The van der Waals surface area contributed by atoms with Crippen LogP contribution in [0.15, 0.2) is 29.6 Å². The van der Waals surface area contributed by atoms with E-state index in [-0.39, 0.29) is 5.56 Å². The Morgan fingerprint density at radius 3 is 2.94 bits per heavy atom. The molecule has 0 unspecified atom stereocenters. The highest BCUT2D eigenvalue weighted by molar-refractivity contribution is 7.10. The normalized spacial score (nSPS) is 10.1. The first-order valence-corrected chi connectivity index (χ1v) is 6.62. The van der Waals surface area contributed by atoms with Crippen LogP contribution in [0.25, 0.3) is 0 Å². The second kappa shape index (κ2) is 5.65. The van der Waals surface area contributed by atoms with Crippen molar-refractivity contribution in [2.24, 2.45) is 0 Å². The molecular weight excluding hydrogens is 247 g/mol. The second-order valence-electron chi connectivity index (χ2n) is 3.85. The minimum absolute atomic E-state index is 0.0760. The molecule has 4 heteroatoms. The number of hydrogen-bond donors (Lipinski definition) is 1. The fourth-order valence-corrected chi connectivity index (χ4v) is 2.71. The minimum Gasteiger partial charge on any atom is -0.379 e. The van der Waals surface area contributed by atoms with Crippen molar-refractivity contribution in [1.29, 1.82) is 5.26 Å². The van der Waals surface area contributed by atoms with E-state index in [0.717, 1.165) is 6.42 Å². The quantitative estimate of drug-likeness (QED) is 0.904. The number of halogens is 1. The molecule has 0 aliphatic heterocycles. The largest absolute Gasteiger partial charge is 0.379 e. The van der Waals surface area contributed by atoms with E-state index in [1.165, 1.54) is 16.5 Å². The molecule has 2 aromatic rings. The monoisotopic (exact) mass is 260 g/mol. The lowest BCUT2D eigenvalue weighted by atomic mass is 10.1. The number of nitriles is 1. The molecule has 0 saturated carbocycles. The highest BCUT2D eigenvalue weighted by Gasteiger charge is 2.08. The maximum Gasteiger partial charge on any atom is 0.143 e. The molecule has 0 aliphatic carbocycles. The Morgan fingerprint density at radius 1 is 1.39 bits per heavy atom. The molecule has 0 fully saturated rings. The van der Waals surface area contributed by atoms with Crippen molar-refractivity contribution in [2.45, 2.75) is 19.9 Å². The van der Waals surface area contributed by atoms with E-state index >= 15 is 0 Å². The van der Waals surface area contributed by atoms with Crippen LogP contribution in [0.3, 0.4) is 0 Å². The molecule has 0 amide bonds. The average Bonchev–Trinajstić information content (AvgIpc) is 2.83. The van der Waals surface area contributed by atoms with E-state index < -0.39 is 5.82 Å². The third kappa shape index (κ3) is 2.52. The number of hydrogen-bond acceptors (Lipinski definition) is 3. The standard InChI is InChI=1S/C14H13FN2S/c1-2-10-6-7-18-14(10)9-17-13-5-3-4-12(15)11(13)8-16/h3-7,17H,2,9H2,1H3. The van der Waals surface area contributed by atoms with Gasteiger partial charge in [-0.2, -0.15) is 5.26 Å². The molecule has 1 heterocycles. The van der Waals surface area contributed by atoms with Crippen molar-refractivity contribution in [3.8, 4) is 6.07 Å². The van der Waals surface area contributed by atoms with Gasteiger partial charge in [-0.05, 0) is 35.6 Å². The Morgan fingerprint density at radius 2 is 2.22 bits per heavy atom. The SMILES string of the molecule is CCc1ccsc1CNc1cccc(F)c1C#N. The van der Waals surface area contributed by atoms with Gasteiger partial charge < -0.3 is 5.32 Å². The zero-order valence-corrected chi connectivity index (χ0v) is 10.9. The topological polar surface area (TPSA) is 35.8 Å². The number of rotatable bonds is 4. The molecule has 2 nitrogen and oxygen atoms in total. The summed E-state index contributed by atoms with van der Waals surface area (Å²) < 4.78 is 13.4. The Hall–Kier alpha value is -1.86. The van der Waals surface area contributed by atoms with E-state index in [0.29, 0.717) is 12.2 Å². The van der Waals surface area contributed by atoms with Crippen LogP contribution in [-0.2, 0) is 13.0 Å². The van der Waals surface area contributed by atoms with Gasteiger partial charge in [0.25, 0.3) is 0 Å². The third-order valence-electron chi connectivity index (χ3n) is 2.78. The Kier molecular flexibility index (Phi) is 3.96. The molecule has 0 aliphatic rings. The molecule has 1 aromatic heterocycles. The predicted octanol–water partition coefficient (Wildman–Crippen LogP) is 3.93. The van der Waals surface area contributed by atoms with E-state index in [1.807, 2.05) is 11.4 Å². The van der Waals surface area contributed by atoms with Crippen LogP contribution in [0, 0.1) is 17.1 Å². The van der Waals surface area contributed by atoms with Gasteiger partial charge in [0, 0.05) is 11.4 Å². The molecule has 2 rings (SSSR count). The van der Waals surface area contributed by atoms with Gasteiger partial charge in [-0.25, -0.2) is 4.39 Å². The summed E-state index contributed by atoms with van der Waals surface area (Å²) in [7, 11) is 0. The first-order valence-electron chi connectivity index (χ1n) is 5.74. The van der Waals surface area contributed by atoms with Crippen LogP contribution >= 0.6 is 11.3 Å². The highest BCUT2D eigenvalue weighted by atomic mass is 32.1. The Balaban J connectivity index is 2.16. The molecule has 92 valence electrons. The number of nitrogens with one attached hydrogen (secondary N) is 1. The van der Waals surface area contributed by atoms with Gasteiger partial charge in [0.1, 0.15) is 17.4 Å². The van der Waals surface area contributed by atoms with Gasteiger partial charge >= 0.3 is 0 Å². The second-order valence-corrected chi connectivity index (χ2v) is 4.85. The molecule has 0 spiro atoms. The fraction of sp³-hybridized carbons (Fsp3) is 0.214. The van der Waals surface area contributed by atoms with E-state index in [1.54, 1.807) is 23.5 Å². The zero-order valence-electron chi connectivity index (χ0n) is 10.0. The Labute approximate surface area is 110 Å². The van der Waals surface area contributed by atoms with Crippen LogP contribution in [0.5, 0.6) is 0 Å². The number of benzene rings is 1. The zero-order chi connectivity index (χ0) is 13.0. The van der Waals surface area contributed by atoms with Crippen molar-refractivity contribution in [1.82, 2.24) is 0 Å². The highest BCUT2D eigenvalue weighted by Crippen LogP contribution is 2.22. The van der Waals surface area contributed by atoms with E-state index in [2.05, 4.69) is 18.3 Å². The van der Waals surface area contributed by atoms with Gasteiger partial charge in [0.2, 0.25) is 0 Å². The van der Waals surface area contributed by atoms with Crippen molar-refractivity contribution < 1.29 is 4.39 Å². The van der Waals surface area contributed by atoms with Gasteiger partial charge in [-0.1, -0.05) is 13.0 Å². The van der Waals surface area contributed by atoms with Crippen LogP contribution < -0.4 is 5.32 Å². The molecule has 0 bridgehead atoms. The van der Waals surface area contributed by atoms with Gasteiger partial charge in [0.05, 0.1) is 5.69 Å². The maximum absolute atomic E-state index is 13.4. The van der Waals surface area contributed by atoms with Crippen LogP contribution in [0.1, 0.15) is 22.9 Å². The number of anilines is 1. The lowest BCUT2D eigenvalue weighted by Gasteiger charge is -2.08.